The van der Waals surface area contributed by atoms with Crippen molar-refractivity contribution in [1.82, 2.24) is 15.0 Å². The molecule has 1 atom stereocenters. The number of anilines is 2. The van der Waals surface area contributed by atoms with Crippen molar-refractivity contribution in [2.75, 3.05) is 25.1 Å². The lowest BCUT2D eigenvalue weighted by Crippen LogP contribution is -2.23. The Kier molecular flexibility index (Phi) is 6.11. The molecule has 2 aromatic heterocycles. The van der Waals surface area contributed by atoms with Crippen LogP contribution in [0.3, 0.4) is 0 Å². The van der Waals surface area contributed by atoms with E-state index in [1.165, 1.54) is 7.11 Å². The summed E-state index contributed by atoms with van der Waals surface area (Å²) in [6.45, 7) is 3.30. The Balaban J connectivity index is 2.02. The average Bonchev–Trinajstić information content (AvgIpc) is 2.75. The number of hydrogen-bond donors (Lipinski definition) is 2. The van der Waals surface area contributed by atoms with Gasteiger partial charge in [0.25, 0.3) is 0 Å². The zero-order valence-corrected chi connectivity index (χ0v) is 18.9. The Morgan fingerprint density at radius 1 is 1.11 bits per heavy atom. The van der Waals surface area contributed by atoms with Gasteiger partial charge in [0.2, 0.25) is 5.88 Å². The van der Waals surface area contributed by atoms with Crippen LogP contribution in [0.25, 0.3) is 22.2 Å². The molecule has 0 saturated carbocycles. The van der Waals surface area contributed by atoms with Gasteiger partial charge >= 0.3 is 12.2 Å². The van der Waals surface area contributed by atoms with Crippen molar-refractivity contribution < 1.29 is 31.4 Å². The van der Waals surface area contributed by atoms with Gasteiger partial charge in [0, 0.05) is 30.7 Å². The van der Waals surface area contributed by atoms with Crippen LogP contribution in [0.1, 0.15) is 30.9 Å². The minimum atomic E-state index is -5.05. The summed E-state index contributed by atoms with van der Waals surface area (Å²) in [5.74, 6) is -3.06. The maximum Gasteiger partial charge on any atom is 0.417 e. The molecule has 4 rings (SSSR count). The summed E-state index contributed by atoms with van der Waals surface area (Å²) in [6, 6.07) is 0.361. The Hall–Kier alpha value is -3.77. The third-order valence-electron chi connectivity index (χ3n) is 5.58. The first-order valence-electron chi connectivity index (χ1n) is 10.5. The van der Waals surface area contributed by atoms with Gasteiger partial charge in [0.05, 0.1) is 18.4 Å². The Morgan fingerprint density at radius 3 is 2.37 bits per heavy atom. The quantitative estimate of drug-likeness (QED) is 0.381. The highest BCUT2D eigenvalue weighted by Crippen LogP contribution is 2.44. The number of alkyl halides is 3. The first kappa shape index (κ1) is 24.4. The molecule has 1 unspecified atom stereocenters. The van der Waals surface area contributed by atoms with E-state index in [4.69, 9.17) is 20.9 Å². The number of halogens is 5. The highest BCUT2D eigenvalue weighted by atomic mass is 19.4. The van der Waals surface area contributed by atoms with Crippen LogP contribution >= 0.6 is 0 Å². The van der Waals surface area contributed by atoms with Gasteiger partial charge < -0.3 is 20.9 Å². The first-order valence-corrected chi connectivity index (χ1v) is 10.5. The zero-order chi connectivity index (χ0) is 25.7. The van der Waals surface area contributed by atoms with Crippen LogP contribution in [-0.2, 0) is 6.18 Å². The molecule has 4 N–H and O–H groups in total. The molecule has 0 aliphatic carbocycles. The Labute approximate surface area is 196 Å². The molecular formula is C22H21F5N6O2. The minimum absolute atomic E-state index is 0.144. The number of pyridine rings is 1. The van der Waals surface area contributed by atoms with E-state index < -0.39 is 57.5 Å². The van der Waals surface area contributed by atoms with Crippen LogP contribution < -0.4 is 20.9 Å². The lowest BCUT2D eigenvalue weighted by atomic mass is 9.96. The van der Waals surface area contributed by atoms with Gasteiger partial charge in [-0.2, -0.15) is 23.1 Å². The molecule has 3 heterocycles. The molecule has 0 amide bonds. The highest BCUT2D eigenvalue weighted by Gasteiger charge is 2.39. The lowest BCUT2D eigenvalue weighted by molar-refractivity contribution is -0.137. The molecule has 1 aromatic carbocycles. The largest absolute Gasteiger partial charge is 0.474 e. The smallest absolute Gasteiger partial charge is 0.417 e. The summed E-state index contributed by atoms with van der Waals surface area (Å²) in [5.41, 5.74) is 7.61. The van der Waals surface area contributed by atoms with Gasteiger partial charge in [-0.3, -0.25) is 4.99 Å². The third-order valence-corrected chi connectivity index (χ3v) is 5.58. The lowest BCUT2D eigenvalue weighted by Gasteiger charge is -2.22. The van der Waals surface area contributed by atoms with Crippen LogP contribution in [0.15, 0.2) is 11.1 Å². The van der Waals surface area contributed by atoms with Gasteiger partial charge in [0.15, 0.2) is 5.82 Å². The van der Waals surface area contributed by atoms with E-state index in [1.54, 1.807) is 6.92 Å². The topological polar surface area (TPSA) is 122 Å². The number of aromatic nitrogens is 3. The maximum atomic E-state index is 15.7. The number of methoxy groups -OCH3 is 1. The molecule has 0 spiro atoms. The van der Waals surface area contributed by atoms with Gasteiger partial charge in [0.1, 0.15) is 34.3 Å². The number of nitrogens with two attached hydrogens (primary N) is 2. The van der Waals surface area contributed by atoms with Crippen LogP contribution in [0.2, 0.25) is 0 Å². The molecule has 1 aliphatic heterocycles. The van der Waals surface area contributed by atoms with Gasteiger partial charge in [-0.15, -0.1) is 0 Å². The second kappa shape index (κ2) is 8.78. The third kappa shape index (κ3) is 4.37. The van der Waals surface area contributed by atoms with Gasteiger partial charge in [-0.25, -0.2) is 13.8 Å². The zero-order valence-electron chi connectivity index (χ0n) is 18.9. The van der Waals surface area contributed by atoms with E-state index in [-0.39, 0.29) is 23.1 Å². The molecule has 35 heavy (non-hydrogen) atoms. The minimum Gasteiger partial charge on any atom is -0.474 e. The van der Waals surface area contributed by atoms with Crippen LogP contribution in [0, 0.1) is 18.6 Å². The van der Waals surface area contributed by atoms with Crippen molar-refractivity contribution in [1.29, 1.82) is 0 Å². The normalized spacial score (nSPS) is 14.5. The molecule has 186 valence electrons. The number of benzene rings is 1. The fourth-order valence-electron chi connectivity index (χ4n) is 3.87. The SMILES string of the molecule is COc1nc(N)c2c(OC(C)CC3=NCC3)nc(-c3cc(N)c(F)c(C)c3C(F)(F)F)c(F)c2n1. The monoisotopic (exact) mass is 496 g/mol. The predicted molar refractivity (Wildman–Crippen MR) is 119 cm³/mol. The standard InChI is InChI=1S/C22H21F5N6O2/c1-8(6-10-4-5-30-10)35-20-13-18(32-21(34-3)33-19(13)29)16(24)17(31-20)11-7-12(28)15(23)9(2)14(11)22(25,26)27/h7-8H,4-6,28H2,1-3H3,(H2,29,32,33). The van der Waals surface area contributed by atoms with E-state index in [0.717, 1.165) is 19.1 Å². The van der Waals surface area contributed by atoms with E-state index in [1.807, 2.05) is 0 Å². The van der Waals surface area contributed by atoms with Gasteiger partial charge in [-0.05, 0) is 25.5 Å². The van der Waals surface area contributed by atoms with Crippen LogP contribution in [0.5, 0.6) is 11.9 Å². The molecule has 1 aliphatic rings. The summed E-state index contributed by atoms with van der Waals surface area (Å²) < 4.78 is 82.7. The van der Waals surface area contributed by atoms with Crippen molar-refractivity contribution in [2.24, 2.45) is 4.99 Å². The predicted octanol–water partition coefficient (Wildman–Crippen LogP) is 4.47. The summed E-state index contributed by atoms with van der Waals surface area (Å²) in [5, 5.41) is -0.144. The number of rotatable bonds is 6. The number of hydrogen-bond acceptors (Lipinski definition) is 8. The number of nitrogens with zero attached hydrogens (tertiary/aromatic N) is 4. The van der Waals surface area contributed by atoms with E-state index >= 15 is 4.39 Å². The van der Waals surface area contributed by atoms with Crippen molar-refractivity contribution >= 4 is 28.1 Å². The molecule has 0 radical (unpaired) electrons. The molecule has 3 aromatic rings. The summed E-state index contributed by atoms with van der Waals surface area (Å²) in [6.07, 6.45) is -4.37. The van der Waals surface area contributed by atoms with Crippen molar-refractivity contribution in [3.05, 3.63) is 28.8 Å². The fourth-order valence-corrected chi connectivity index (χ4v) is 3.87. The summed E-state index contributed by atoms with van der Waals surface area (Å²) in [7, 11) is 1.21. The fraction of sp³-hybridized carbons (Fsp3) is 0.364. The Morgan fingerprint density at radius 2 is 1.80 bits per heavy atom. The van der Waals surface area contributed by atoms with E-state index in [0.29, 0.717) is 19.0 Å². The molecule has 0 saturated heterocycles. The summed E-state index contributed by atoms with van der Waals surface area (Å²) >= 11 is 0. The number of nitrogen functional groups attached to an aromatic ring is 2. The number of fused-ring (bicyclic) bond motifs is 1. The molecular weight excluding hydrogens is 475 g/mol. The van der Waals surface area contributed by atoms with Crippen molar-refractivity contribution in [3.8, 4) is 23.1 Å². The highest BCUT2D eigenvalue weighted by molar-refractivity contribution is 5.96. The molecule has 0 fully saturated rings. The summed E-state index contributed by atoms with van der Waals surface area (Å²) in [4.78, 5) is 16.1. The van der Waals surface area contributed by atoms with Crippen LogP contribution in [-0.4, -0.2) is 40.4 Å². The number of ether oxygens (including phenoxy) is 2. The second-order valence-corrected chi connectivity index (χ2v) is 8.05. The van der Waals surface area contributed by atoms with E-state index in [9.17, 15) is 17.6 Å². The van der Waals surface area contributed by atoms with Crippen molar-refractivity contribution in [3.63, 3.8) is 0 Å². The Bertz CT molecular complexity index is 1360. The van der Waals surface area contributed by atoms with Crippen molar-refractivity contribution in [2.45, 2.75) is 39.0 Å². The average molecular weight is 496 g/mol. The molecule has 13 heteroatoms. The van der Waals surface area contributed by atoms with E-state index in [2.05, 4.69) is 19.9 Å². The molecule has 8 nitrogen and oxygen atoms in total. The van der Waals surface area contributed by atoms with Gasteiger partial charge in [-0.1, -0.05) is 0 Å². The first-order chi connectivity index (χ1) is 16.4. The molecule has 0 bridgehead atoms. The maximum absolute atomic E-state index is 15.7. The number of aliphatic imine (C=N–C) groups is 1. The van der Waals surface area contributed by atoms with Crippen LogP contribution in [0.4, 0.5) is 33.5 Å². The second-order valence-electron chi connectivity index (χ2n) is 8.05.